The number of nitrogens with one attached hydrogen (secondary N) is 1. The largest absolute Gasteiger partial charge is 0.466 e. The molecule has 0 aliphatic rings. The summed E-state index contributed by atoms with van der Waals surface area (Å²) < 4.78 is 32.4. The van der Waals surface area contributed by atoms with Crippen LogP contribution in [0.15, 0.2) is 41.3 Å². The number of aryl methyl sites for hydroxylation is 1. The monoisotopic (exact) mass is 401 g/mol. The van der Waals surface area contributed by atoms with Gasteiger partial charge in [-0.15, -0.1) is 0 Å². The van der Waals surface area contributed by atoms with Crippen molar-refractivity contribution >= 4 is 44.9 Å². The minimum Gasteiger partial charge on any atom is -0.466 e. The van der Waals surface area contributed by atoms with Gasteiger partial charge in [0.25, 0.3) is 10.0 Å². The molecule has 0 radical (unpaired) electrons. The average molecular weight is 402 g/mol. The van der Waals surface area contributed by atoms with Gasteiger partial charge in [-0.2, -0.15) is 0 Å². The van der Waals surface area contributed by atoms with Crippen LogP contribution in [0.3, 0.4) is 0 Å². The van der Waals surface area contributed by atoms with Crippen LogP contribution in [0.2, 0.25) is 10.0 Å². The number of esters is 1. The van der Waals surface area contributed by atoms with Crippen molar-refractivity contribution in [1.29, 1.82) is 0 Å². The summed E-state index contributed by atoms with van der Waals surface area (Å²) in [6.07, 6.45) is 0.128. The Hall–Kier alpha value is -1.76. The first-order chi connectivity index (χ1) is 11.7. The molecule has 0 atom stereocenters. The molecule has 0 saturated heterocycles. The van der Waals surface area contributed by atoms with Crippen molar-refractivity contribution < 1.29 is 17.9 Å². The predicted molar refractivity (Wildman–Crippen MR) is 98.8 cm³/mol. The van der Waals surface area contributed by atoms with Gasteiger partial charge in [-0.3, -0.25) is 9.52 Å². The van der Waals surface area contributed by atoms with Gasteiger partial charge in [0.2, 0.25) is 0 Å². The van der Waals surface area contributed by atoms with Crippen molar-refractivity contribution in [2.24, 2.45) is 0 Å². The van der Waals surface area contributed by atoms with E-state index in [4.69, 9.17) is 27.9 Å². The van der Waals surface area contributed by atoms with Crippen molar-refractivity contribution in [2.45, 2.75) is 25.2 Å². The molecule has 0 unspecified atom stereocenters. The van der Waals surface area contributed by atoms with Crippen molar-refractivity contribution in [3.63, 3.8) is 0 Å². The number of benzene rings is 2. The molecule has 2 aromatic carbocycles. The van der Waals surface area contributed by atoms with E-state index >= 15 is 0 Å². The third kappa shape index (κ3) is 5.11. The van der Waals surface area contributed by atoms with Crippen LogP contribution >= 0.6 is 23.2 Å². The molecule has 0 saturated carbocycles. The van der Waals surface area contributed by atoms with Crippen molar-refractivity contribution in [2.75, 3.05) is 11.3 Å². The molecular weight excluding hydrogens is 385 g/mol. The number of anilines is 1. The lowest BCUT2D eigenvalue weighted by molar-refractivity contribution is -0.142. The smallest absolute Gasteiger partial charge is 0.310 e. The highest BCUT2D eigenvalue weighted by Crippen LogP contribution is 2.29. The topological polar surface area (TPSA) is 72.5 Å². The Morgan fingerprint density at radius 3 is 2.36 bits per heavy atom. The standard InChI is InChI=1S/C17H17Cl2NO4S/c1-3-24-17(21)9-12-4-6-13(7-5-12)20-25(22,23)16-8-11(2)14(18)10-15(16)19/h4-8,10,20H,3,9H2,1-2H3. The van der Waals surface area contributed by atoms with Gasteiger partial charge in [0.1, 0.15) is 4.90 Å². The van der Waals surface area contributed by atoms with Gasteiger partial charge in [-0.1, -0.05) is 35.3 Å². The van der Waals surface area contributed by atoms with Gasteiger partial charge in [0.15, 0.2) is 0 Å². The predicted octanol–water partition coefficient (Wildman–Crippen LogP) is 4.21. The quantitative estimate of drug-likeness (QED) is 0.735. The number of hydrogen-bond acceptors (Lipinski definition) is 4. The summed E-state index contributed by atoms with van der Waals surface area (Å²) >= 11 is 11.9. The van der Waals surface area contributed by atoms with Gasteiger partial charge >= 0.3 is 5.97 Å². The van der Waals surface area contributed by atoms with Gasteiger partial charge in [0, 0.05) is 10.7 Å². The Morgan fingerprint density at radius 1 is 1.12 bits per heavy atom. The van der Waals surface area contributed by atoms with E-state index in [1.165, 1.54) is 12.1 Å². The molecule has 0 amide bonds. The molecule has 0 heterocycles. The maximum atomic E-state index is 12.5. The van der Waals surface area contributed by atoms with Crippen molar-refractivity contribution in [3.05, 3.63) is 57.6 Å². The molecule has 8 heteroatoms. The van der Waals surface area contributed by atoms with E-state index in [2.05, 4.69) is 4.72 Å². The Kier molecular flexibility index (Phi) is 6.32. The summed E-state index contributed by atoms with van der Waals surface area (Å²) in [4.78, 5) is 11.4. The van der Waals surface area contributed by atoms with Gasteiger partial charge in [0.05, 0.1) is 18.1 Å². The molecule has 25 heavy (non-hydrogen) atoms. The Balaban J connectivity index is 2.18. The summed E-state index contributed by atoms with van der Waals surface area (Å²) in [6, 6.07) is 9.27. The van der Waals surface area contributed by atoms with Gasteiger partial charge < -0.3 is 4.74 Å². The molecule has 5 nitrogen and oxygen atoms in total. The first kappa shape index (κ1) is 19.6. The van der Waals surface area contributed by atoms with Crippen LogP contribution in [-0.2, 0) is 26.0 Å². The van der Waals surface area contributed by atoms with Crippen LogP contribution < -0.4 is 4.72 Å². The SMILES string of the molecule is CCOC(=O)Cc1ccc(NS(=O)(=O)c2cc(C)c(Cl)cc2Cl)cc1. The summed E-state index contributed by atoms with van der Waals surface area (Å²) in [5.74, 6) is -0.334. The number of rotatable bonds is 6. The second-order valence-corrected chi connectivity index (χ2v) is 7.78. The maximum Gasteiger partial charge on any atom is 0.310 e. The van der Waals surface area contributed by atoms with E-state index in [0.717, 1.165) is 5.56 Å². The number of ether oxygens (including phenoxy) is 1. The summed E-state index contributed by atoms with van der Waals surface area (Å²) in [5, 5.41) is 0.439. The summed E-state index contributed by atoms with van der Waals surface area (Å²) in [5.41, 5.74) is 1.69. The molecule has 2 aromatic rings. The fraction of sp³-hybridized carbons (Fsp3) is 0.235. The highest BCUT2D eigenvalue weighted by atomic mass is 35.5. The van der Waals surface area contributed by atoms with E-state index in [9.17, 15) is 13.2 Å². The number of carbonyl (C=O) groups excluding carboxylic acids is 1. The zero-order chi connectivity index (χ0) is 18.6. The molecule has 1 N–H and O–H groups in total. The van der Waals surface area contributed by atoms with Crippen LogP contribution in [0.25, 0.3) is 0 Å². The van der Waals surface area contributed by atoms with Gasteiger partial charge in [-0.05, 0) is 49.2 Å². The lowest BCUT2D eigenvalue weighted by atomic mass is 10.1. The molecule has 2 rings (SSSR count). The third-order valence-electron chi connectivity index (χ3n) is 3.36. The van der Waals surface area contributed by atoms with Crippen LogP contribution in [0.1, 0.15) is 18.1 Å². The van der Waals surface area contributed by atoms with Crippen molar-refractivity contribution in [1.82, 2.24) is 0 Å². The molecule has 0 aliphatic heterocycles. The molecule has 0 spiro atoms. The second kappa shape index (κ2) is 8.08. The van der Waals surface area contributed by atoms with E-state index in [-0.39, 0.29) is 22.3 Å². The highest BCUT2D eigenvalue weighted by Gasteiger charge is 2.19. The molecule has 134 valence electrons. The van der Waals surface area contributed by atoms with Crippen LogP contribution in [-0.4, -0.2) is 21.0 Å². The number of carbonyl (C=O) groups is 1. The summed E-state index contributed by atoms with van der Waals surface area (Å²) in [7, 11) is -3.86. The Labute approximate surface area is 157 Å². The average Bonchev–Trinajstić information content (AvgIpc) is 2.52. The first-order valence-electron chi connectivity index (χ1n) is 7.46. The van der Waals surface area contributed by atoms with E-state index in [0.29, 0.717) is 22.9 Å². The van der Waals surface area contributed by atoms with Crippen molar-refractivity contribution in [3.8, 4) is 0 Å². The lowest BCUT2D eigenvalue weighted by Crippen LogP contribution is -2.14. The Morgan fingerprint density at radius 2 is 1.76 bits per heavy atom. The van der Waals surface area contributed by atoms with E-state index in [1.807, 2.05) is 0 Å². The van der Waals surface area contributed by atoms with E-state index in [1.54, 1.807) is 38.1 Å². The van der Waals surface area contributed by atoms with Gasteiger partial charge in [-0.25, -0.2) is 8.42 Å². The van der Waals surface area contributed by atoms with E-state index < -0.39 is 10.0 Å². The van der Waals surface area contributed by atoms with Crippen LogP contribution in [0, 0.1) is 6.92 Å². The zero-order valence-corrected chi connectivity index (χ0v) is 16.0. The van der Waals surface area contributed by atoms with Crippen LogP contribution in [0.5, 0.6) is 0 Å². The minimum atomic E-state index is -3.86. The second-order valence-electron chi connectivity index (χ2n) is 5.32. The number of hydrogen-bond donors (Lipinski definition) is 1. The fourth-order valence-corrected chi connectivity index (χ4v) is 4.01. The highest BCUT2D eigenvalue weighted by molar-refractivity contribution is 7.92. The minimum absolute atomic E-state index is 0.0435. The molecule has 0 aliphatic carbocycles. The lowest BCUT2D eigenvalue weighted by Gasteiger charge is -2.11. The molecule has 0 bridgehead atoms. The number of sulfonamides is 1. The first-order valence-corrected chi connectivity index (χ1v) is 9.70. The summed E-state index contributed by atoms with van der Waals surface area (Å²) in [6.45, 7) is 3.75. The fourth-order valence-electron chi connectivity index (χ4n) is 2.12. The normalized spacial score (nSPS) is 11.2. The zero-order valence-electron chi connectivity index (χ0n) is 13.7. The number of halogens is 2. The molecular formula is C17H17Cl2NO4S. The molecule has 0 aromatic heterocycles. The molecule has 0 fully saturated rings. The Bertz CT molecular complexity index is 880. The van der Waals surface area contributed by atoms with Crippen LogP contribution in [0.4, 0.5) is 5.69 Å². The maximum absolute atomic E-state index is 12.5. The third-order valence-corrected chi connectivity index (χ3v) is 5.62.